The largest absolute Gasteiger partial charge is 0.453 e. The van der Waals surface area contributed by atoms with Crippen LogP contribution in [0.4, 0.5) is 0 Å². The highest BCUT2D eigenvalue weighted by Crippen LogP contribution is 2.24. The first-order valence-corrected chi connectivity index (χ1v) is 6.64. The summed E-state index contributed by atoms with van der Waals surface area (Å²) >= 11 is 3.30. The van der Waals surface area contributed by atoms with E-state index in [9.17, 15) is 5.11 Å². The molecule has 1 heterocycles. The molecule has 1 aliphatic carbocycles. The third-order valence-electron chi connectivity index (χ3n) is 3.15. The van der Waals surface area contributed by atoms with Crippen LogP contribution in [-0.2, 0) is 0 Å². The fraction of sp³-hybridized carbons (Fsp3) is 0.667. The molecule has 16 heavy (non-hydrogen) atoms. The molecule has 2 N–H and O–H groups in total. The van der Waals surface area contributed by atoms with E-state index in [-0.39, 0.29) is 12.1 Å². The quantitative estimate of drug-likeness (QED) is 0.898. The SMILES string of the molecule is CC(NC1CCCC(O)C1)c1ccc(Br)o1. The molecule has 2 rings (SSSR count). The maximum Gasteiger partial charge on any atom is 0.169 e. The Morgan fingerprint density at radius 1 is 1.50 bits per heavy atom. The van der Waals surface area contributed by atoms with Crippen molar-refractivity contribution in [2.75, 3.05) is 0 Å². The molecule has 0 amide bonds. The third-order valence-corrected chi connectivity index (χ3v) is 3.58. The molecule has 3 unspecified atom stereocenters. The number of hydrogen-bond acceptors (Lipinski definition) is 3. The van der Waals surface area contributed by atoms with Crippen LogP contribution in [0.15, 0.2) is 21.2 Å². The Labute approximate surface area is 104 Å². The average Bonchev–Trinajstić information content (AvgIpc) is 2.65. The lowest BCUT2D eigenvalue weighted by atomic mass is 9.92. The second-order valence-corrected chi connectivity index (χ2v) is 5.33. The van der Waals surface area contributed by atoms with Crippen molar-refractivity contribution in [2.24, 2.45) is 0 Å². The number of rotatable bonds is 3. The van der Waals surface area contributed by atoms with E-state index in [0.29, 0.717) is 6.04 Å². The fourth-order valence-electron chi connectivity index (χ4n) is 2.31. The standard InChI is InChI=1S/C12H18BrNO2/c1-8(11-5-6-12(13)16-11)14-9-3-2-4-10(15)7-9/h5-6,8-10,14-15H,2-4,7H2,1H3. The average molecular weight is 288 g/mol. The molecule has 0 radical (unpaired) electrons. The minimum Gasteiger partial charge on any atom is -0.453 e. The van der Waals surface area contributed by atoms with Crippen molar-refractivity contribution in [3.05, 3.63) is 22.6 Å². The first-order chi connectivity index (χ1) is 7.65. The first-order valence-electron chi connectivity index (χ1n) is 5.84. The van der Waals surface area contributed by atoms with Crippen LogP contribution < -0.4 is 5.32 Å². The van der Waals surface area contributed by atoms with E-state index in [0.717, 1.165) is 36.1 Å². The molecule has 0 spiro atoms. The van der Waals surface area contributed by atoms with E-state index in [2.05, 4.69) is 28.2 Å². The van der Waals surface area contributed by atoms with Crippen molar-refractivity contribution < 1.29 is 9.52 Å². The second kappa shape index (κ2) is 5.34. The molecule has 3 atom stereocenters. The molecule has 1 fully saturated rings. The predicted octanol–water partition coefficient (Wildman–Crippen LogP) is 3.00. The summed E-state index contributed by atoms with van der Waals surface area (Å²) < 4.78 is 6.27. The van der Waals surface area contributed by atoms with Crippen LogP contribution in [0.1, 0.15) is 44.4 Å². The number of aliphatic hydroxyl groups excluding tert-OH is 1. The van der Waals surface area contributed by atoms with E-state index in [1.165, 1.54) is 0 Å². The Kier molecular flexibility index (Phi) is 4.05. The normalized spacial score (nSPS) is 27.9. The van der Waals surface area contributed by atoms with Gasteiger partial charge >= 0.3 is 0 Å². The van der Waals surface area contributed by atoms with Gasteiger partial charge in [-0.25, -0.2) is 0 Å². The van der Waals surface area contributed by atoms with Crippen LogP contribution in [-0.4, -0.2) is 17.3 Å². The Bertz CT molecular complexity index is 340. The van der Waals surface area contributed by atoms with Gasteiger partial charge in [-0.1, -0.05) is 0 Å². The number of halogens is 1. The van der Waals surface area contributed by atoms with Gasteiger partial charge in [0.1, 0.15) is 5.76 Å². The van der Waals surface area contributed by atoms with Crippen molar-refractivity contribution >= 4 is 15.9 Å². The highest BCUT2D eigenvalue weighted by Gasteiger charge is 2.22. The fourth-order valence-corrected chi connectivity index (χ4v) is 2.63. The zero-order chi connectivity index (χ0) is 11.5. The lowest BCUT2D eigenvalue weighted by Crippen LogP contribution is -2.37. The van der Waals surface area contributed by atoms with Gasteiger partial charge in [-0.05, 0) is 60.7 Å². The topological polar surface area (TPSA) is 45.4 Å². The number of furan rings is 1. The third kappa shape index (κ3) is 3.09. The van der Waals surface area contributed by atoms with Gasteiger partial charge in [0.25, 0.3) is 0 Å². The molecule has 0 aromatic carbocycles. The Morgan fingerprint density at radius 3 is 2.94 bits per heavy atom. The molecule has 4 heteroatoms. The van der Waals surface area contributed by atoms with E-state index in [1.54, 1.807) is 0 Å². The monoisotopic (exact) mass is 287 g/mol. The van der Waals surface area contributed by atoms with Crippen molar-refractivity contribution in [3.8, 4) is 0 Å². The van der Waals surface area contributed by atoms with E-state index >= 15 is 0 Å². The number of aliphatic hydroxyl groups is 1. The Hall–Kier alpha value is -0.320. The van der Waals surface area contributed by atoms with Crippen molar-refractivity contribution in [3.63, 3.8) is 0 Å². The van der Waals surface area contributed by atoms with Gasteiger partial charge in [0.2, 0.25) is 0 Å². The lowest BCUT2D eigenvalue weighted by molar-refractivity contribution is 0.108. The summed E-state index contributed by atoms with van der Waals surface area (Å²) in [5, 5.41) is 13.1. The summed E-state index contributed by atoms with van der Waals surface area (Å²) in [5.74, 6) is 0.937. The van der Waals surface area contributed by atoms with Crippen molar-refractivity contribution in [1.82, 2.24) is 5.32 Å². The smallest absolute Gasteiger partial charge is 0.169 e. The minimum atomic E-state index is -0.137. The lowest BCUT2D eigenvalue weighted by Gasteiger charge is -2.28. The molecule has 0 saturated heterocycles. The van der Waals surface area contributed by atoms with Crippen LogP contribution in [0.25, 0.3) is 0 Å². The van der Waals surface area contributed by atoms with Crippen LogP contribution in [0.2, 0.25) is 0 Å². The molecule has 0 bridgehead atoms. The molecule has 1 aromatic rings. The minimum absolute atomic E-state index is 0.137. The van der Waals surface area contributed by atoms with E-state index in [1.807, 2.05) is 12.1 Å². The molecule has 1 aromatic heterocycles. The van der Waals surface area contributed by atoms with Crippen molar-refractivity contribution in [2.45, 2.75) is 50.8 Å². The molecule has 0 aliphatic heterocycles. The van der Waals surface area contributed by atoms with E-state index in [4.69, 9.17) is 4.42 Å². The highest BCUT2D eigenvalue weighted by molar-refractivity contribution is 9.10. The predicted molar refractivity (Wildman–Crippen MR) is 66.2 cm³/mol. The molecular weight excluding hydrogens is 270 g/mol. The summed E-state index contributed by atoms with van der Waals surface area (Å²) in [6, 6.07) is 4.48. The van der Waals surface area contributed by atoms with Gasteiger partial charge < -0.3 is 14.8 Å². The van der Waals surface area contributed by atoms with Crippen LogP contribution in [0.5, 0.6) is 0 Å². The summed E-state index contributed by atoms with van der Waals surface area (Å²) in [5.41, 5.74) is 0. The van der Waals surface area contributed by atoms with Crippen LogP contribution in [0, 0.1) is 0 Å². The van der Waals surface area contributed by atoms with Gasteiger partial charge in [0.05, 0.1) is 12.1 Å². The zero-order valence-electron chi connectivity index (χ0n) is 9.45. The molecule has 3 nitrogen and oxygen atoms in total. The van der Waals surface area contributed by atoms with Gasteiger partial charge in [0.15, 0.2) is 4.67 Å². The van der Waals surface area contributed by atoms with Crippen LogP contribution in [0.3, 0.4) is 0 Å². The Balaban J connectivity index is 1.89. The van der Waals surface area contributed by atoms with Crippen molar-refractivity contribution in [1.29, 1.82) is 0 Å². The zero-order valence-corrected chi connectivity index (χ0v) is 11.0. The second-order valence-electron chi connectivity index (χ2n) is 4.55. The molecular formula is C12H18BrNO2. The summed E-state index contributed by atoms with van der Waals surface area (Å²) in [4.78, 5) is 0. The summed E-state index contributed by atoms with van der Waals surface area (Å²) in [6.07, 6.45) is 3.91. The summed E-state index contributed by atoms with van der Waals surface area (Å²) in [6.45, 7) is 2.09. The highest BCUT2D eigenvalue weighted by atomic mass is 79.9. The van der Waals surface area contributed by atoms with Gasteiger partial charge in [-0.2, -0.15) is 0 Å². The maximum absolute atomic E-state index is 9.60. The number of nitrogens with one attached hydrogen (secondary N) is 1. The molecule has 1 saturated carbocycles. The molecule has 90 valence electrons. The van der Waals surface area contributed by atoms with Gasteiger partial charge in [0, 0.05) is 6.04 Å². The van der Waals surface area contributed by atoms with E-state index < -0.39 is 0 Å². The first kappa shape index (κ1) is 12.1. The van der Waals surface area contributed by atoms with Crippen LogP contribution >= 0.6 is 15.9 Å². The molecule has 1 aliphatic rings. The number of hydrogen-bond donors (Lipinski definition) is 2. The summed E-state index contributed by atoms with van der Waals surface area (Å²) in [7, 11) is 0. The maximum atomic E-state index is 9.60. The Morgan fingerprint density at radius 2 is 2.31 bits per heavy atom. The van der Waals surface area contributed by atoms with Gasteiger partial charge in [-0.3, -0.25) is 0 Å². The van der Waals surface area contributed by atoms with Gasteiger partial charge in [-0.15, -0.1) is 0 Å².